The van der Waals surface area contributed by atoms with E-state index < -0.39 is 5.91 Å². The van der Waals surface area contributed by atoms with E-state index in [1.807, 2.05) is 12.1 Å². The van der Waals surface area contributed by atoms with Crippen LogP contribution in [0.5, 0.6) is 0 Å². The third-order valence-electron chi connectivity index (χ3n) is 2.77. The number of amides is 1. The molecule has 1 aliphatic heterocycles. The number of ether oxygens (including phenoxy) is 1. The molecule has 2 rings (SSSR count). The summed E-state index contributed by atoms with van der Waals surface area (Å²) in [4.78, 5) is 11.1. The van der Waals surface area contributed by atoms with E-state index in [0.717, 1.165) is 31.9 Å². The number of carbonyl (C=O) groups excluding carboxylic acids is 1. The molecule has 98 valence electrons. The molecule has 1 aliphatic rings. The number of benzene rings is 1. The molecule has 1 heterocycles. The van der Waals surface area contributed by atoms with Crippen LogP contribution in [0, 0.1) is 0 Å². The van der Waals surface area contributed by atoms with Gasteiger partial charge in [-0.1, -0.05) is 0 Å². The number of rotatable bonds is 4. The second kappa shape index (κ2) is 6.17. The lowest BCUT2D eigenvalue weighted by Gasteiger charge is -2.24. The lowest BCUT2D eigenvalue weighted by atomic mass is 10.2. The van der Waals surface area contributed by atoms with Crippen molar-refractivity contribution in [1.82, 2.24) is 5.32 Å². The highest BCUT2D eigenvalue weighted by Gasteiger charge is 2.13. The van der Waals surface area contributed by atoms with E-state index in [9.17, 15) is 4.79 Å². The average molecular weight is 314 g/mol. The van der Waals surface area contributed by atoms with E-state index in [1.54, 1.807) is 6.07 Å². The summed E-state index contributed by atoms with van der Waals surface area (Å²) in [7, 11) is 0. The number of primary amides is 1. The Balaban J connectivity index is 1.93. The van der Waals surface area contributed by atoms with Crippen LogP contribution >= 0.6 is 15.9 Å². The predicted molar refractivity (Wildman–Crippen MR) is 73.8 cm³/mol. The van der Waals surface area contributed by atoms with E-state index in [0.29, 0.717) is 10.0 Å². The van der Waals surface area contributed by atoms with Gasteiger partial charge in [-0.3, -0.25) is 4.79 Å². The summed E-state index contributed by atoms with van der Waals surface area (Å²) in [5.41, 5.74) is 6.65. The normalized spacial score (nSPS) is 19.5. The maximum absolute atomic E-state index is 11.1. The van der Waals surface area contributed by atoms with Gasteiger partial charge in [-0.2, -0.15) is 0 Å². The summed E-state index contributed by atoms with van der Waals surface area (Å²) in [5, 5.41) is 6.55. The number of nitrogens with one attached hydrogen (secondary N) is 2. The van der Waals surface area contributed by atoms with Gasteiger partial charge >= 0.3 is 0 Å². The highest BCUT2D eigenvalue weighted by molar-refractivity contribution is 9.10. The number of hydrogen-bond acceptors (Lipinski definition) is 4. The first kappa shape index (κ1) is 13.3. The fraction of sp³-hybridized carbons (Fsp3) is 0.417. The highest BCUT2D eigenvalue weighted by Crippen LogP contribution is 2.21. The molecule has 0 saturated carbocycles. The molecular formula is C12H16BrN3O2. The van der Waals surface area contributed by atoms with Crippen LogP contribution in [0.2, 0.25) is 0 Å². The molecular weight excluding hydrogens is 298 g/mol. The van der Waals surface area contributed by atoms with Crippen LogP contribution < -0.4 is 16.4 Å². The lowest BCUT2D eigenvalue weighted by molar-refractivity contribution is 0.0372. The number of hydrogen-bond donors (Lipinski definition) is 3. The summed E-state index contributed by atoms with van der Waals surface area (Å²) < 4.78 is 6.28. The Morgan fingerprint density at radius 2 is 2.44 bits per heavy atom. The lowest BCUT2D eigenvalue weighted by Crippen LogP contribution is -2.42. The first-order valence-electron chi connectivity index (χ1n) is 5.82. The molecule has 1 fully saturated rings. The van der Waals surface area contributed by atoms with Gasteiger partial charge in [-0.05, 0) is 34.1 Å². The van der Waals surface area contributed by atoms with Crippen molar-refractivity contribution in [1.29, 1.82) is 0 Å². The minimum absolute atomic E-state index is 0.174. The largest absolute Gasteiger partial charge is 0.382 e. The first-order valence-corrected chi connectivity index (χ1v) is 6.61. The maximum atomic E-state index is 11.1. The van der Waals surface area contributed by atoms with Crippen molar-refractivity contribution < 1.29 is 9.53 Å². The summed E-state index contributed by atoms with van der Waals surface area (Å²) in [5.74, 6) is -0.437. The number of halogens is 1. The van der Waals surface area contributed by atoms with Gasteiger partial charge in [0, 0.05) is 29.8 Å². The minimum atomic E-state index is -0.437. The minimum Gasteiger partial charge on any atom is -0.382 e. The predicted octanol–water partition coefficient (Wildman–Crippen LogP) is 0.948. The van der Waals surface area contributed by atoms with Crippen molar-refractivity contribution in [2.45, 2.75) is 6.10 Å². The third-order valence-corrected chi connectivity index (χ3v) is 3.43. The summed E-state index contributed by atoms with van der Waals surface area (Å²) in [6.07, 6.45) is 0.174. The van der Waals surface area contributed by atoms with Crippen LogP contribution in [0.1, 0.15) is 10.4 Å². The second-order valence-corrected chi connectivity index (χ2v) is 4.99. The quantitative estimate of drug-likeness (QED) is 0.773. The molecule has 0 aliphatic carbocycles. The molecule has 1 unspecified atom stereocenters. The van der Waals surface area contributed by atoms with Crippen LogP contribution in [-0.2, 0) is 4.74 Å². The zero-order chi connectivity index (χ0) is 13.0. The van der Waals surface area contributed by atoms with Gasteiger partial charge < -0.3 is 21.1 Å². The monoisotopic (exact) mass is 313 g/mol. The number of anilines is 1. The first-order chi connectivity index (χ1) is 8.66. The van der Waals surface area contributed by atoms with Gasteiger partial charge in [0.15, 0.2) is 0 Å². The fourth-order valence-corrected chi connectivity index (χ4v) is 2.38. The van der Waals surface area contributed by atoms with Gasteiger partial charge in [0.05, 0.1) is 18.3 Å². The molecule has 6 heteroatoms. The average Bonchev–Trinajstić information content (AvgIpc) is 2.37. The van der Waals surface area contributed by atoms with Crippen molar-refractivity contribution in [2.24, 2.45) is 5.73 Å². The molecule has 5 nitrogen and oxygen atoms in total. The van der Waals surface area contributed by atoms with Crippen LogP contribution in [0.25, 0.3) is 0 Å². The zero-order valence-corrected chi connectivity index (χ0v) is 11.5. The number of morpholine rings is 1. The molecule has 1 amide bonds. The van der Waals surface area contributed by atoms with E-state index in [2.05, 4.69) is 26.6 Å². The fourth-order valence-electron chi connectivity index (χ4n) is 1.81. The summed E-state index contributed by atoms with van der Waals surface area (Å²) in [6.45, 7) is 3.24. The van der Waals surface area contributed by atoms with Crippen LogP contribution in [0.15, 0.2) is 22.7 Å². The molecule has 0 spiro atoms. The van der Waals surface area contributed by atoms with E-state index in [-0.39, 0.29) is 6.10 Å². The van der Waals surface area contributed by atoms with Crippen molar-refractivity contribution >= 4 is 27.5 Å². The zero-order valence-electron chi connectivity index (χ0n) is 9.91. The van der Waals surface area contributed by atoms with Crippen LogP contribution in [-0.4, -0.2) is 38.3 Å². The van der Waals surface area contributed by atoms with Crippen molar-refractivity contribution in [3.8, 4) is 0 Å². The smallest absolute Gasteiger partial charge is 0.249 e. The number of nitrogens with two attached hydrogens (primary N) is 1. The third kappa shape index (κ3) is 3.44. The van der Waals surface area contributed by atoms with Crippen molar-refractivity contribution in [3.63, 3.8) is 0 Å². The maximum Gasteiger partial charge on any atom is 0.249 e. The molecule has 0 aromatic heterocycles. The molecule has 18 heavy (non-hydrogen) atoms. The number of carbonyl (C=O) groups is 1. The van der Waals surface area contributed by atoms with Gasteiger partial charge in [0.25, 0.3) is 0 Å². The molecule has 1 aromatic carbocycles. The summed E-state index contributed by atoms with van der Waals surface area (Å²) >= 11 is 3.33. The Labute approximate surface area is 114 Å². The molecule has 4 N–H and O–H groups in total. The van der Waals surface area contributed by atoms with Gasteiger partial charge in [-0.25, -0.2) is 0 Å². The Morgan fingerprint density at radius 1 is 1.61 bits per heavy atom. The van der Waals surface area contributed by atoms with E-state index in [1.165, 1.54) is 0 Å². The Morgan fingerprint density at radius 3 is 3.06 bits per heavy atom. The SMILES string of the molecule is NC(=O)c1ccc(NCC2CNCCO2)cc1Br. The molecule has 0 radical (unpaired) electrons. The van der Waals surface area contributed by atoms with E-state index >= 15 is 0 Å². The topological polar surface area (TPSA) is 76.4 Å². The Hall–Kier alpha value is -1.11. The highest BCUT2D eigenvalue weighted by atomic mass is 79.9. The van der Waals surface area contributed by atoms with Crippen molar-refractivity contribution in [3.05, 3.63) is 28.2 Å². The van der Waals surface area contributed by atoms with E-state index in [4.69, 9.17) is 10.5 Å². The van der Waals surface area contributed by atoms with Gasteiger partial charge in [0.1, 0.15) is 0 Å². The Kier molecular flexibility index (Phi) is 4.57. The van der Waals surface area contributed by atoms with Crippen LogP contribution in [0.4, 0.5) is 5.69 Å². The molecule has 0 bridgehead atoms. The second-order valence-electron chi connectivity index (χ2n) is 4.14. The molecule has 1 atom stereocenters. The Bertz CT molecular complexity index is 433. The van der Waals surface area contributed by atoms with Crippen molar-refractivity contribution in [2.75, 3.05) is 31.6 Å². The van der Waals surface area contributed by atoms with Gasteiger partial charge in [-0.15, -0.1) is 0 Å². The van der Waals surface area contributed by atoms with Crippen LogP contribution in [0.3, 0.4) is 0 Å². The summed E-state index contributed by atoms with van der Waals surface area (Å²) in [6, 6.07) is 5.38. The molecule has 1 saturated heterocycles. The molecule has 1 aromatic rings. The van der Waals surface area contributed by atoms with Gasteiger partial charge in [0.2, 0.25) is 5.91 Å². The standard InChI is InChI=1S/C12H16BrN3O2/c13-11-5-8(1-2-10(11)12(14)17)16-7-9-6-15-3-4-18-9/h1-2,5,9,15-16H,3-4,6-7H2,(H2,14,17).